The van der Waals surface area contributed by atoms with Crippen LogP contribution in [0.2, 0.25) is 0 Å². The van der Waals surface area contributed by atoms with Gasteiger partial charge in [0.15, 0.2) is 5.65 Å². The van der Waals surface area contributed by atoms with Crippen molar-refractivity contribution in [2.75, 3.05) is 30.9 Å². The molecule has 4 aromatic rings. The number of urea groups is 1. The fourth-order valence-corrected chi connectivity index (χ4v) is 4.87. The molecule has 182 valence electrons. The second-order valence-corrected chi connectivity index (χ2v) is 9.09. The van der Waals surface area contributed by atoms with Gasteiger partial charge in [-0.05, 0) is 37.8 Å². The van der Waals surface area contributed by atoms with Crippen LogP contribution in [0, 0.1) is 0 Å². The second-order valence-electron chi connectivity index (χ2n) is 9.09. The van der Waals surface area contributed by atoms with Crippen LogP contribution in [-0.4, -0.2) is 67.7 Å². The number of nitrogens with zero attached hydrogens (tertiary/aromatic N) is 5. The van der Waals surface area contributed by atoms with E-state index < -0.39 is 6.10 Å². The van der Waals surface area contributed by atoms with E-state index in [1.807, 2.05) is 25.4 Å². The highest BCUT2D eigenvalue weighted by Crippen LogP contribution is 2.35. The summed E-state index contributed by atoms with van der Waals surface area (Å²) in [5.41, 5.74) is 3.65. The maximum Gasteiger partial charge on any atom is 0.319 e. The molecule has 0 bridgehead atoms. The lowest BCUT2D eigenvalue weighted by Gasteiger charge is -2.32. The van der Waals surface area contributed by atoms with Gasteiger partial charge < -0.3 is 30.4 Å². The summed E-state index contributed by atoms with van der Waals surface area (Å²) >= 11 is 0. The normalized spacial score (nSPS) is 20.6. The standard InChI is InChI=1S/C24H28N8O3/c1-25-21-11-18(16-13-31(14-6-9-35-10-7-14)22-15(16)3-2-8-26-22)28-23-19(12-27-32(21)23)30-24(34)29-17-4-5-20(17)33/h2-3,8,11-14,17,20,25,33H,4-7,9-10H2,1H3,(H2,29,30,34)/t17-,20+/m0/s1. The predicted octanol–water partition coefficient (Wildman–Crippen LogP) is 2.78. The van der Waals surface area contributed by atoms with Gasteiger partial charge >= 0.3 is 6.03 Å². The molecule has 2 aliphatic rings. The van der Waals surface area contributed by atoms with E-state index in [9.17, 15) is 9.90 Å². The Morgan fingerprint density at radius 1 is 1.20 bits per heavy atom. The number of rotatable bonds is 5. The molecule has 2 atom stereocenters. The maximum absolute atomic E-state index is 12.5. The molecule has 4 N–H and O–H groups in total. The molecule has 11 heteroatoms. The zero-order valence-corrected chi connectivity index (χ0v) is 19.4. The highest BCUT2D eigenvalue weighted by atomic mass is 16.5. The fourth-order valence-electron chi connectivity index (χ4n) is 4.87. The molecule has 2 amide bonds. The monoisotopic (exact) mass is 476 g/mol. The number of nitrogens with one attached hydrogen (secondary N) is 3. The highest BCUT2D eigenvalue weighted by Gasteiger charge is 2.30. The van der Waals surface area contributed by atoms with Crippen LogP contribution < -0.4 is 16.0 Å². The van der Waals surface area contributed by atoms with E-state index in [4.69, 9.17) is 9.72 Å². The summed E-state index contributed by atoms with van der Waals surface area (Å²) in [6.07, 6.45) is 8.37. The van der Waals surface area contributed by atoms with Crippen LogP contribution in [0.3, 0.4) is 0 Å². The smallest absolute Gasteiger partial charge is 0.319 e. The number of anilines is 2. The van der Waals surface area contributed by atoms with E-state index in [-0.39, 0.29) is 12.1 Å². The Hall–Kier alpha value is -3.70. The average molecular weight is 477 g/mol. The first-order valence-electron chi connectivity index (χ1n) is 12.0. The van der Waals surface area contributed by atoms with Crippen molar-refractivity contribution in [2.24, 2.45) is 0 Å². The number of carbonyl (C=O) groups is 1. The number of hydrogen-bond donors (Lipinski definition) is 4. The van der Waals surface area contributed by atoms with E-state index >= 15 is 0 Å². The number of aliphatic hydroxyl groups is 1. The summed E-state index contributed by atoms with van der Waals surface area (Å²) in [4.78, 5) is 22.1. The average Bonchev–Trinajstić information content (AvgIpc) is 3.48. The van der Waals surface area contributed by atoms with Gasteiger partial charge in [-0.1, -0.05) is 0 Å². The SMILES string of the molecule is CNc1cc(-c2cn(C3CCOCC3)c3ncccc23)nc2c(NC(=O)N[C@H]3CC[C@H]3O)cnn12. The van der Waals surface area contributed by atoms with Gasteiger partial charge in [0.05, 0.1) is 24.0 Å². The highest BCUT2D eigenvalue weighted by molar-refractivity contribution is 5.96. The van der Waals surface area contributed by atoms with Crippen LogP contribution in [-0.2, 0) is 4.74 Å². The van der Waals surface area contributed by atoms with E-state index in [1.54, 1.807) is 10.7 Å². The van der Waals surface area contributed by atoms with Crippen LogP contribution in [0.1, 0.15) is 31.7 Å². The van der Waals surface area contributed by atoms with E-state index in [2.05, 4.69) is 42.9 Å². The number of hydrogen-bond acceptors (Lipinski definition) is 7. The topological polar surface area (TPSA) is 131 Å². The van der Waals surface area contributed by atoms with Crippen LogP contribution in [0.25, 0.3) is 27.9 Å². The molecule has 1 aliphatic carbocycles. The number of ether oxygens (including phenoxy) is 1. The predicted molar refractivity (Wildman–Crippen MR) is 132 cm³/mol. The Morgan fingerprint density at radius 2 is 2.06 bits per heavy atom. The molecule has 4 aromatic heterocycles. The van der Waals surface area contributed by atoms with Gasteiger partial charge in [-0.15, -0.1) is 0 Å². The third kappa shape index (κ3) is 3.86. The number of amides is 2. The molecule has 0 aromatic carbocycles. The van der Waals surface area contributed by atoms with Gasteiger partial charge in [0.2, 0.25) is 0 Å². The van der Waals surface area contributed by atoms with Gasteiger partial charge in [0, 0.05) is 55.7 Å². The van der Waals surface area contributed by atoms with Crippen molar-refractivity contribution >= 4 is 34.2 Å². The quantitative estimate of drug-likeness (QED) is 0.348. The summed E-state index contributed by atoms with van der Waals surface area (Å²) in [5.74, 6) is 0.740. The second kappa shape index (κ2) is 8.82. The van der Waals surface area contributed by atoms with Gasteiger partial charge in [-0.2, -0.15) is 9.61 Å². The van der Waals surface area contributed by atoms with Crippen molar-refractivity contribution < 1.29 is 14.6 Å². The first kappa shape index (κ1) is 21.8. The fraction of sp³-hybridized carbons (Fsp3) is 0.417. The largest absolute Gasteiger partial charge is 0.391 e. The molecule has 5 heterocycles. The van der Waals surface area contributed by atoms with E-state index in [1.165, 1.54) is 0 Å². The molecule has 35 heavy (non-hydrogen) atoms. The van der Waals surface area contributed by atoms with Crippen molar-refractivity contribution in [3.8, 4) is 11.3 Å². The summed E-state index contributed by atoms with van der Waals surface area (Å²) < 4.78 is 9.46. The van der Waals surface area contributed by atoms with E-state index in [0.717, 1.165) is 60.6 Å². The molecule has 1 aliphatic heterocycles. The van der Waals surface area contributed by atoms with E-state index in [0.29, 0.717) is 23.8 Å². The lowest BCUT2D eigenvalue weighted by Crippen LogP contribution is -2.51. The Balaban J connectivity index is 1.40. The molecule has 6 rings (SSSR count). The molecule has 1 saturated heterocycles. The van der Waals surface area contributed by atoms with Crippen LogP contribution in [0.5, 0.6) is 0 Å². The van der Waals surface area contributed by atoms with Gasteiger partial charge in [0.25, 0.3) is 0 Å². The molecule has 11 nitrogen and oxygen atoms in total. The third-order valence-electron chi connectivity index (χ3n) is 6.98. The molecule has 0 radical (unpaired) electrons. The minimum absolute atomic E-state index is 0.225. The Morgan fingerprint density at radius 3 is 2.80 bits per heavy atom. The Bertz CT molecular complexity index is 1390. The zero-order valence-electron chi connectivity index (χ0n) is 19.4. The van der Waals surface area contributed by atoms with Crippen molar-refractivity contribution in [1.29, 1.82) is 0 Å². The lowest BCUT2D eigenvalue weighted by molar-refractivity contribution is 0.0559. The number of aromatic nitrogens is 5. The minimum atomic E-state index is -0.494. The van der Waals surface area contributed by atoms with Crippen LogP contribution in [0.15, 0.2) is 36.8 Å². The molecule has 2 fully saturated rings. The molecular weight excluding hydrogens is 448 g/mol. The molecule has 0 spiro atoms. The van der Waals surface area contributed by atoms with Crippen molar-refractivity contribution in [3.63, 3.8) is 0 Å². The summed E-state index contributed by atoms with van der Waals surface area (Å²) in [5, 5.41) is 24.0. The first-order valence-corrected chi connectivity index (χ1v) is 12.0. The number of carbonyl (C=O) groups excluding carboxylic acids is 1. The number of aliphatic hydroxyl groups excluding tert-OH is 1. The van der Waals surface area contributed by atoms with Gasteiger partial charge in [-0.3, -0.25) is 0 Å². The Labute approximate surface area is 201 Å². The molecule has 1 saturated carbocycles. The van der Waals surface area contributed by atoms with Crippen LogP contribution >= 0.6 is 0 Å². The van der Waals surface area contributed by atoms with Crippen molar-refractivity contribution in [1.82, 2.24) is 29.5 Å². The summed E-state index contributed by atoms with van der Waals surface area (Å²) in [6, 6.07) is 5.65. The number of pyridine rings is 1. The van der Waals surface area contributed by atoms with Crippen LogP contribution in [0.4, 0.5) is 16.3 Å². The minimum Gasteiger partial charge on any atom is -0.391 e. The van der Waals surface area contributed by atoms with Crippen molar-refractivity contribution in [2.45, 2.75) is 43.9 Å². The summed E-state index contributed by atoms with van der Waals surface area (Å²) in [6.45, 7) is 1.48. The molecular formula is C24H28N8O3. The van der Waals surface area contributed by atoms with Gasteiger partial charge in [0.1, 0.15) is 17.2 Å². The first-order chi connectivity index (χ1) is 17.1. The number of fused-ring (bicyclic) bond motifs is 2. The zero-order chi connectivity index (χ0) is 23.9. The Kier molecular flexibility index (Phi) is 5.50. The summed E-state index contributed by atoms with van der Waals surface area (Å²) in [7, 11) is 1.82. The molecule has 0 unspecified atom stereocenters. The third-order valence-corrected chi connectivity index (χ3v) is 6.98. The maximum atomic E-state index is 12.5. The van der Waals surface area contributed by atoms with Crippen molar-refractivity contribution in [3.05, 3.63) is 36.8 Å². The van der Waals surface area contributed by atoms with Gasteiger partial charge in [-0.25, -0.2) is 14.8 Å². The lowest BCUT2D eigenvalue weighted by atomic mass is 9.89.